The van der Waals surface area contributed by atoms with E-state index in [0.29, 0.717) is 5.56 Å². The van der Waals surface area contributed by atoms with Gasteiger partial charge < -0.3 is 4.42 Å². The number of Topliss-reactive ketones (excluding diaryl/α,β-unsaturated/α-hetero) is 1. The normalized spacial score (nSPS) is 11.8. The van der Waals surface area contributed by atoms with Gasteiger partial charge in [0.05, 0.1) is 17.9 Å². The van der Waals surface area contributed by atoms with E-state index in [1.165, 1.54) is 24.7 Å². The molecule has 0 bridgehead atoms. The monoisotopic (exact) mass is 246 g/mol. The summed E-state index contributed by atoms with van der Waals surface area (Å²) >= 11 is 5.71. The molecule has 84 valence electrons. The Bertz CT molecular complexity index is 572. The first-order valence-corrected chi connectivity index (χ1v) is 5.18. The minimum atomic E-state index is -0.895. The Balaban J connectivity index is 2.36. The van der Waals surface area contributed by atoms with Crippen molar-refractivity contribution in [3.05, 3.63) is 53.2 Å². The second-order valence-electron chi connectivity index (χ2n) is 3.31. The van der Waals surface area contributed by atoms with E-state index >= 15 is 0 Å². The highest BCUT2D eigenvalue weighted by Gasteiger charge is 2.24. The zero-order valence-corrected chi connectivity index (χ0v) is 9.39. The third-order valence-electron chi connectivity index (χ3n) is 2.31. The summed E-state index contributed by atoms with van der Waals surface area (Å²) in [6.45, 7) is 0. The summed E-state index contributed by atoms with van der Waals surface area (Å²) in [7, 11) is 0. The molecule has 0 radical (unpaired) electrons. The van der Waals surface area contributed by atoms with Crippen LogP contribution in [0.25, 0.3) is 0 Å². The Morgan fingerprint density at radius 2 is 2.12 bits per heavy atom. The number of hydrogen-bond donors (Lipinski definition) is 0. The van der Waals surface area contributed by atoms with Gasteiger partial charge in [-0.15, -0.1) is 0 Å². The van der Waals surface area contributed by atoms with Crippen LogP contribution in [0.4, 0.5) is 0 Å². The summed E-state index contributed by atoms with van der Waals surface area (Å²) in [6, 6.07) is 6.66. The highest BCUT2D eigenvalue weighted by atomic mass is 35.5. The predicted molar refractivity (Wildman–Crippen MR) is 60.6 cm³/mol. The molecule has 2 heterocycles. The fourth-order valence-electron chi connectivity index (χ4n) is 1.47. The van der Waals surface area contributed by atoms with Crippen LogP contribution in [-0.4, -0.2) is 10.8 Å². The fourth-order valence-corrected chi connectivity index (χ4v) is 1.67. The van der Waals surface area contributed by atoms with Crippen molar-refractivity contribution in [2.24, 2.45) is 0 Å². The van der Waals surface area contributed by atoms with Crippen molar-refractivity contribution >= 4 is 17.4 Å². The topological polar surface area (TPSA) is 66.9 Å². The third-order valence-corrected chi connectivity index (χ3v) is 2.61. The van der Waals surface area contributed by atoms with Crippen LogP contribution in [0, 0.1) is 11.3 Å². The molecule has 0 saturated carbocycles. The van der Waals surface area contributed by atoms with Crippen molar-refractivity contribution in [3.63, 3.8) is 0 Å². The summed E-state index contributed by atoms with van der Waals surface area (Å²) in [5.74, 6) is -1.27. The Kier molecular flexibility index (Phi) is 3.22. The zero-order chi connectivity index (χ0) is 12.3. The van der Waals surface area contributed by atoms with Gasteiger partial charge in [0, 0.05) is 12.4 Å². The number of hydrogen-bond acceptors (Lipinski definition) is 4. The van der Waals surface area contributed by atoms with Crippen molar-refractivity contribution < 1.29 is 9.21 Å². The highest BCUT2D eigenvalue weighted by molar-refractivity contribution is 6.32. The Labute approximate surface area is 102 Å². The van der Waals surface area contributed by atoms with Gasteiger partial charge in [-0.05, 0) is 35.4 Å². The largest absolute Gasteiger partial charge is 0.452 e. The van der Waals surface area contributed by atoms with Gasteiger partial charge in [0.2, 0.25) is 5.22 Å². The molecule has 2 aromatic heterocycles. The molecule has 0 aliphatic rings. The van der Waals surface area contributed by atoms with Gasteiger partial charge in [0.15, 0.2) is 5.78 Å². The first-order chi connectivity index (χ1) is 8.24. The van der Waals surface area contributed by atoms with Gasteiger partial charge in [-0.3, -0.25) is 9.78 Å². The number of carbonyl (C=O) groups is 1. The summed E-state index contributed by atoms with van der Waals surface area (Å²) < 4.78 is 4.84. The van der Waals surface area contributed by atoms with Crippen LogP contribution in [0.2, 0.25) is 5.22 Å². The molecule has 0 aliphatic heterocycles. The minimum absolute atomic E-state index is 0.00399. The Morgan fingerprint density at radius 3 is 2.65 bits per heavy atom. The highest BCUT2D eigenvalue weighted by Crippen LogP contribution is 2.25. The van der Waals surface area contributed by atoms with Crippen molar-refractivity contribution in [3.8, 4) is 6.07 Å². The van der Waals surface area contributed by atoms with Gasteiger partial charge in [-0.1, -0.05) is 0 Å². The van der Waals surface area contributed by atoms with Gasteiger partial charge in [0.1, 0.15) is 5.92 Å². The van der Waals surface area contributed by atoms with Crippen molar-refractivity contribution in [2.75, 3.05) is 0 Å². The van der Waals surface area contributed by atoms with Crippen molar-refractivity contribution in [1.82, 2.24) is 4.98 Å². The third kappa shape index (κ3) is 2.19. The maximum absolute atomic E-state index is 12.1. The van der Waals surface area contributed by atoms with E-state index in [9.17, 15) is 4.79 Å². The van der Waals surface area contributed by atoms with E-state index in [1.54, 1.807) is 12.1 Å². The molecule has 0 fully saturated rings. The van der Waals surface area contributed by atoms with E-state index in [-0.39, 0.29) is 16.6 Å². The van der Waals surface area contributed by atoms with Crippen LogP contribution in [0.1, 0.15) is 21.8 Å². The summed E-state index contributed by atoms with van der Waals surface area (Å²) in [5, 5.41) is 9.08. The number of nitrogens with zero attached hydrogens (tertiary/aromatic N) is 2. The summed E-state index contributed by atoms with van der Waals surface area (Å²) in [6.07, 6.45) is 4.38. The summed E-state index contributed by atoms with van der Waals surface area (Å²) in [5.41, 5.74) is 0.805. The average Bonchev–Trinajstić information content (AvgIpc) is 2.77. The molecular formula is C12H7ClN2O2. The first-order valence-electron chi connectivity index (χ1n) is 4.80. The number of ketones is 1. The molecule has 0 N–H and O–H groups in total. The maximum Gasteiger partial charge on any atom is 0.203 e. The number of rotatable bonds is 3. The average molecular weight is 247 g/mol. The number of furan rings is 1. The molecule has 4 nitrogen and oxygen atoms in total. The number of halogens is 1. The SMILES string of the molecule is N#CC(C(=O)c1ccoc1Cl)c1ccncc1. The lowest BCUT2D eigenvalue weighted by Crippen LogP contribution is -2.10. The molecule has 0 aromatic carbocycles. The maximum atomic E-state index is 12.1. The smallest absolute Gasteiger partial charge is 0.203 e. The zero-order valence-electron chi connectivity index (χ0n) is 8.63. The van der Waals surface area contributed by atoms with Gasteiger partial charge in [-0.25, -0.2) is 0 Å². The molecule has 0 saturated heterocycles. The van der Waals surface area contributed by atoms with E-state index in [4.69, 9.17) is 21.3 Å². The standard InChI is InChI=1S/C12H7ClN2O2/c13-12-9(3-6-17-12)11(16)10(7-14)8-1-4-15-5-2-8/h1-6,10H. The van der Waals surface area contributed by atoms with Crippen LogP contribution < -0.4 is 0 Å². The van der Waals surface area contributed by atoms with Gasteiger partial charge in [-0.2, -0.15) is 5.26 Å². The molecule has 2 aromatic rings. The lowest BCUT2D eigenvalue weighted by Gasteiger charge is -2.06. The number of pyridine rings is 1. The number of carbonyl (C=O) groups excluding carboxylic acids is 1. The van der Waals surface area contributed by atoms with Crippen LogP contribution >= 0.6 is 11.6 Å². The molecule has 5 heteroatoms. The molecule has 1 unspecified atom stereocenters. The lowest BCUT2D eigenvalue weighted by atomic mass is 9.94. The predicted octanol–water partition coefficient (Wildman–Crippen LogP) is 2.82. The number of aromatic nitrogens is 1. The van der Waals surface area contributed by atoms with Crippen LogP contribution in [0.3, 0.4) is 0 Å². The molecular weight excluding hydrogens is 240 g/mol. The minimum Gasteiger partial charge on any atom is -0.452 e. The van der Waals surface area contributed by atoms with E-state index in [1.807, 2.05) is 6.07 Å². The fraction of sp³-hybridized carbons (Fsp3) is 0.0833. The van der Waals surface area contributed by atoms with Gasteiger partial charge in [0.25, 0.3) is 0 Å². The van der Waals surface area contributed by atoms with E-state index < -0.39 is 5.92 Å². The second kappa shape index (κ2) is 4.81. The molecule has 17 heavy (non-hydrogen) atoms. The van der Waals surface area contributed by atoms with Gasteiger partial charge >= 0.3 is 0 Å². The van der Waals surface area contributed by atoms with E-state index in [0.717, 1.165) is 0 Å². The molecule has 0 amide bonds. The summed E-state index contributed by atoms with van der Waals surface area (Å²) in [4.78, 5) is 15.9. The van der Waals surface area contributed by atoms with Crippen molar-refractivity contribution in [2.45, 2.75) is 5.92 Å². The number of nitriles is 1. The Morgan fingerprint density at radius 1 is 1.41 bits per heavy atom. The van der Waals surface area contributed by atoms with Crippen LogP contribution in [-0.2, 0) is 0 Å². The second-order valence-corrected chi connectivity index (χ2v) is 3.66. The van der Waals surface area contributed by atoms with Crippen LogP contribution in [0.5, 0.6) is 0 Å². The first kappa shape index (κ1) is 11.4. The van der Waals surface area contributed by atoms with E-state index in [2.05, 4.69) is 4.98 Å². The quantitative estimate of drug-likeness (QED) is 0.781. The molecule has 0 aliphatic carbocycles. The molecule has 2 rings (SSSR count). The molecule has 1 atom stereocenters. The van der Waals surface area contributed by atoms with Crippen LogP contribution in [0.15, 0.2) is 41.3 Å². The lowest BCUT2D eigenvalue weighted by molar-refractivity contribution is 0.0978. The van der Waals surface area contributed by atoms with Crippen molar-refractivity contribution in [1.29, 1.82) is 5.26 Å². The Hall–Kier alpha value is -2.12. The molecule has 0 spiro atoms.